The summed E-state index contributed by atoms with van der Waals surface area (Å²) in [7, 11) is 1.26. The zero-order valence-electron chi connectivity index (χ0n) is 16.1. The summed E-state index contributed by atoms with van der Waals surface area (Å²) in [5.41, 5.74) is 1.65. The van der Waals surface area contributed by atoms with Crippen molar-refractivity contribution in [3.8, 4) is 5.75 Å². The second kappa shape index (κ2) is 8.91. The van der Waals surface area contributed by atoms with E-state index in [1.165, 1.54) is 13.2 Å². The van der Waals surface area contributed by atoms with Crippen molar-refractivity contribution < 1.29 is 28.7 Å². The number of hydrogen-bond donors (Lipinski definition) is 1. The van der Waals surface area contributed by atoms with Crippen LogP contribution in [0.15, 0.2) is 52.5 Å². The van der Waals surface area contributed by atoms with Gasteiger partial charge in [-0.3, -0.25) is 14.9 Å². The molecular weight excluding hydrogens is 456 g/mol. The number of esters is 1. The number of nitrogens with one attached hydrogen (secondary N) is 1. The number of methoxy groups -OCH3 is 1. The molecule has 0 aromatic heterocycles. The molecule has 154 valence electrons. The van der Waals surface area contributed by atoms with E-state index in [1.807, 2.05) is 6.92 Å². The molecule has 4 amide bonds. The molecule has 1 heterocycles. The Hall–Kier alpha value is -3.46. The van der Waals surface area contributed by atoms with E-state index in [0.29, 0.717) is 21.5 Å². The van der Waals surface area contributed by atoms with Crippen LogP contribution in [0.2, 0.25) is 0 Å². The van der Waals surface area contributed by atoms with Gasteiger partial charge in [0, 0.05) is 0 Å². The number of imide groups is 2. The van der Waals surface area contributed by atoms with Crippen molar-refractivity contribution in [3.63, 3.8) is 0 Å². The van der Waals surface area contributed by atoms with Crippen molar-refractivity contribution in [2.75, 3.05) is 18.6 Å². The number of anilines is 1. The lowest BCUT2D eigenvalue weighted by Crippen LogP contribution is -2.54. The maximum atomic E-state index is 12.9. The Morgan fingerprint density at radius 2 is 1.83 bits per heavy atom. The van der Waals surface area contributed by atoms with Gasteiger partial charge in [-0.2, -0.15) is 0 Å². The fourth-order valence-electron chi connectivity index (χ4n) is 2.67. The first kappa shape index (κ1) is 21.3. The lowest BCUT2D eigenvalue weighted by molar-refractivity contribution is -0.143. The topological polar surface area (TPSA) is 102 Å². The largest absolute Gasteiger partial charge is 0.481 e. The summed E-state index contributed by atoms with van der Waals surface area (Å²) in [4.78, 5) is 49.5. The first-order valence-electron chi connectivity index (χ1n) is 8.77. The van der Waals surface area contributed by atoms with Crippen molar-refractivity contribution in [1.29, 1.82) is 0 Å². The highest BCUT2D eigenvalue weighted by molar-refractivity contribution is 9.10. The van der Waals surface area contributed by atoms with Crippen LogP contribution in [0.5, 0.6) is 5.75 Å². The van der Waals surface area contributed by atoms with Crippen LogP contribution in [-0.4, -0.2) is 37.5 Å². The van der Waals surface area contributed by atoms with E-state index in [1.54, 1.807) is 42.5 Å². The van der Waals surface area contributed by atoms with E-state index in [9.17, 15) is 19.2 Å². The highest BCUT2D eigenvalue weighted by Crippen LogP contribution is 2.28. The number of amides is 4. The predicted molar refractivity (Wildman–Crippen MR) is 112 cm³/mol. The zero-order chi connectivity index (χ0) is 21.8. The van der Waals surface area contributed by atoms with Crippen LogP contribution in [-0.2, 0) is 19.1 Å². The van der Waals surface area contributed by atoms with Crippen molar-refractivity contribution in [3.05, 3.63) is 63.6 Å². The highest BCUT2D eigenvalue weighted by atomic mass is 79.9. The third-order valence-corrected chi connectivity index (χ3v) is 4.85. The molecule has 1 aliphatic heterocycles. The molecule has 1 N–H and O–H groups in total. The van der Waals surface area contributed by atoms with Crippen molar-refractivity contribution in [1.82, 2.24) is 5.32 Å². The lowest BCUT2D eigenvalue weighted by atomic mass is 10.1. The molecule has 1 fully saturated rings. The second-order valence-corrected chi connectivity index (χ2v) is 7.20. The maximum Gasteiger partial charge on any atom is 0.343 e. The summed E-state index contributed by atoms with van der Waals surface area (Å²) >= 11 is 3.32. The standard InChI is InChI=1S/C21H17BrN2O6/c1-12-3-6-14(7-4-12)24-20(27)15(19(26)23-21(24)28)9-13-5-8-17(16(22)10-13)30-11-18(25)29-2/h3-10H,11H2,1-2H3,(H,23,26,28). The highest BCUT2D eigenvalue weighted by Gasteiger charge is 2.36. The molecule has 1 saturated heterocycles. The number of benzene rings is 2. The normalized spacial score (nSPS) is 15.2. The average Bonchev–Trinajstić information content (AvgIpc) is 2.71. The molecule has 0 unspecified atom stereocenters. The van der Waals surface area contributed by atoms with Crippen LogP contribution in [0, 0.1) is 6.92 Å². The van der Waals surface area contributed by atoms with E-state index in [0.717, 1.165) is 10.5 Å². The van der Waals surface area contributed by atoms with E-state index in [4.69, 9.17) is 4.74 Å². The SMILES string of the molecule is COC(=O)COc1ccc(C=C2C(=O)NC(=O)N(c3ccc(C)cc3)C2=O)cc1Br. The molecule has 3 rings (SSSR count). The van der Waals surface area contributed by atoms with Gasteiger partial charge in [0.15, 0.2) is 6.61 Å². The van der Waals surface area contributed by atoms with Gasteiger partial charge in [-0.1, -0.05) is 23.8 Å². The smallest absolute Gasteiger partial charge is 0.343 e. The number of carbonyl (C=O) groups excluding carboxylic acids is 4. The molecule has 2 aromatic carbocycles. The van der Waals surface area contributed by atoms with Crippen LogP contribution < -0.4 is 15.0 Å². The van der Waals surface area contributed by atoms with Gasteiger partial charge in [-0.15, -0.1) is 0 Å². The number of urea groups is 1. The van der Waals surface area contributed by atoms with Gasteiger partial charge in [0.1, 0.15) is 11.3 Å². The van der Waals surface area contributed by atoms with Gasteiger partial charge in [-0.25, -0.2) is 14.5 Å². The summed E-state index contributed by atoms with van der Waals surface area (Å²) in [5, 5.41) is 2.18. The third-order valence-electron chi connectivity index (χ3n) is 4.23. The Kier molecular flexibility index (Phi) is 6.31. The minimum atomic E-state index is -0.807. The van der Waals surface area contributed by atoms with Gasteiger partial charge in [0.25, 0.3) is 11.8 Å². The lowest BCUT2D eigenvalue weighted by Gasteiger charge is -2.26. The van der Waals surface area contributed by atoms with Crippen LogP contribution in [0.25, 0.3) is 6.08 Å². The Balaban J connectivity index is 1.88. The molecule has 30 heavy (non-hydrogen) atoms. The molecule has 0 atom stereocenters. The molecule has 0 spiro atoms. The number of barbiturate groups is 1. The fraction of sp³-hybridized carbons (Fsp3) is 0.143. The molecule has 0 saturated carbocycles. The van der Waals surface area contributed by atoms with E-state index in [2.05, 4.69) is 26.0 Å². The van der Waals surface area contributed by atoms with Crippen LogP contribution in [0.3, 0.4) is 0 Å². The Morgan fingerprint density at radius 3 is 2.47 bits per heavy atom. The van der Waals surface area contributed by atoms with Crippen LogP contribution in [0.1, 0.15) is 11.1 Å². The fourth-order valence-corrected chi connectivity index (χ4v) is 3.18. The quantitative estimate of drug-likeness (QED) is 0.407. The number of halogens is 1. The van der Waals surface area contributed by atoms with Gasteiger partial charge in [0.2, 0.25) is 0 Å². The summed E-state index contributed by atoms with van der Waals surface area (Å²) in [5.74, 6) is -1.65. The molecule has 8 nitrogen and oxygen atoms in total. The monoisotopic (exact) mass is 472 g/mol. The summed E-state index contributed by atoms with van der Waals surface area (Å²) < 4.78 is 10.4. The zero-order valence-corrected chi connectivity index (χ0v) is 17.7. The van der Waals surface area contributed by atoms with E-state index < -0.39 is 23.8 Å². The van der Waals surface area contributed by atoms with Crippen molar-refractivity contribution in [2.45, 2.75) is 6.92 Å². The number of rotatable bonds is 5. The maximum absolute atomic E-state index is 12.9. The third kappa shape index (κ3) is 4.57. The van der Waals surface area contributed by atoms with Gasteiger partial charge in [0.05, 0.1) is 17.3 Å². The molecule has 2 aromatic rings. The number of carbonyl (C=O) groups is 4. The molecule has 0 aliphatic carbocycles. The van der Waals surface area contributed by atoms with Gasteiger partial charge >= 0.3 is 12.0 Å². The number of nitrogens with zero attached hydrogens (tertiary/aromatic N) is 1. The minimum Gasteiger partial charge on any atom is -0.481 e. The molecule has 0 bridgehead atoms. The van der Waals surface area contributed by atoms with E-state index >= 15 is 0 Å². The molecular formula is C21H17BrN2O6. The van der Waals surface area contributed by atoms with Crippen LogP contribution >= 0.6 is 15.9 Å². The number of aryl methyl sites for hydroxylation is 1. The first-order valence-corrected chi connectivity index (χ1v) is 9.56. The number of hydrogen-bond acceptors (Lipinski definition) is 6. The molecule has 1 aliphatic rings. The Labute approximate surface area is 180 Å². The van der Waals surface area contributed by atoms with E-state index in [-0.39, 0.29) is 12.2 Å². The summed E-state index contributed by atoms with van der Waals surface area (Å²) in [6, 6.07) is 10.8. The Morgan fingerprint density at radius 1 is 1.13 bits per heavy atom. The summed E-state index contributed by atoms with van der Waals surface area (Å²) in [6.45, 7) is 1.62. The average molecular weight is 473 g/mol. The first-order chi connectivity index (χ1) is 14.3. The second-order valence-electron chi connectivity index (χ2n) is 6.35. The van der Waals surface area contributed by atoms with Crippen molar-refractivity contribution in [2.24, 2.45) is 0 Å². The summed E-state index contributed by atoms with van der Waals surface area (Å²) in [6.07, 6.45) is 1.38. The minimum absolute atomic E-state index is 0.190. The van der Waals surface area contributed by atoms with Gasteiger partial charge < -0.3 is 9.47 Å². The van der Waals surface area contributed by atoms with Gasteiger partial charge in [-0.05, 0) is 58.8 Å². The molecule has 0 radical (unpaired) electrons. The Bertz CT molecular complexity index is 1060. The number of ether oxygens (including phenoxy) is 2. The predicted octanol–water partition coefficient (Wildman–Crippen LogP) is 2.98. The van der Waals surface area contributed by atoms with Crippen LogP contribution in [0.4, 0.5) is 10.5 Å². The molecule has 9 heteroatoms. The van der Waals surface area contributed by atoms with Crippen molar-refractivity contribution >= 4 is 51.5 Å².